The summed E-state index contributed by atoms with van der Waals surface area (Å²) in [6, 6.07) is 21.6. The van der Waals surface area contributed by atoms with Gasteiger partial charge in [-0.05, 0) is 30.3 Å². The predicted octanol–water partition coefficient (Wildman–Crippen LogP) is 4.01. The number of hydrogen-bond acceptors (Lipinski definition) is 5. The second kappa shape index (κ2) is 8.40. The van der Waals surface area contributed by atoms with Gasteiger partial charge in [0.15, 0.2) is 11.5 Å². The smallest absolute Gasteiger partial charge is 0.351 e. The minimum absolute atomic E-state index is 0.231. The summed E-state index contributed by atoms with van der Waals surface area (Å²) in [6.07, 6.45) is 0. The van der Waals surface area contributed by atoms with Crippen LogP contribution in [0.3, 0.4) is 0 Å². The highest BCUT2D eigenvalue weighted by atomic mass is 35.5. The molecule has 5 rings (SSSR count). The van der Waals surface area contributed by atoms with Gasteiger partial charge in [0, 0.05) is 16.0 Å². The molecule has 0 bridgehead atoms. The van der Waals surface area contributed by atoms with Crippen LogP contribution in [-0.4, -0.2) is 32.2 Å². The number of para-hydroxylation sites is 1. The number of halogens is 1. The van der Waals surface area contributed by atoms with Crippen LogP contribution in [0.5, 0.6) is 5.75 Å². The first-order valence-electron chi connectivity index (χ1n) is 10.1. The van der Waals surface area contributed by atoms with E-state index >= 15 is 0 Å². The van der Waals surface area contributed by atoms with Crippen LogP contribution < -0.4 is 15.7 Å². The van der Waals surface area contributed by atoms with Crippen LogP contribution in [0.1, 0.15) is 0 Å². The number of carbonyl (C=O) groups excluding carboxylic acids is 1. The standard InChI is InChI=1S/C24H18ClN5O3/c1-33-20-12-11-16(25)13-18(20)26-21(31)14-29-19-10-6-5-9-17(19)23-27-22(28-30(23)24(29)32)15-7-3-2-4-8-15/h2-13H,14H2,1H3,(H,26,31). The number of ether oxygens (including phenoxy) is 1. The van der Waals surface area contributed by atoms with Gasteiger partial charge in [-0.2, -0.15) is 4.52 Å². The molecule has 1 amide bonds. The van der Waals surface area contributed by atoms with E-state index in [1.165, 1.54) is 16.2 Å². The van der Waals surface area contributed by atoms with Gasteiger partial charge in [0.1, 0.15) is 12.3 Å². The normalized spacial score (nSPS) is 11.1. The highest BCUT2D eigenvalue weighted by Gasteiger charge is 2.18. The summed E-state index contributed by atoms with van der Waals surface area (Å²) in [5.41, 5.74) is 1.76. The molecule has 164 valence electrons. The zero-order valence-electron chi connectivity index (χ0n) is 17.5. The number of fused-ring (bicyclic) bond motifs is 3. The maximum absolute atomic E-state index is 13.3. The molecule has 1 N–H and O–H groups in total. The van der Waals surface area contributed by atoms with E-state index < -0.39 is 11.6 Å². The third-order valence-electron chi connectivity index (χ3n) is 5.22. The van der Waals surface area contributed by atoms with Crippen molar-refractivity contribution in [1.29, 1.82) is 0 Å². The Morgan fingerprint density at radius 2 is 1.82 bits per heavy atom. The molecule has 0 aliphatic heterocycles. The van der Waals surface area contributed by atoms with Crippen molar-refractivity contribution >= 4 is 39.7 Å². The van der Waals surface area contributed by atoms with Crippen LogP contribution in [0.2, 0.25) is 5.02 Å². The van der Waals surface area contributed by atoms with E-state index in [9.17, 15) is 9.59 Å². The van der Waals surface area contributed by atoms with Crippen LogP contribution in [-0.2, 0) is 11.3 Å². The van der Waals surface area contributed by atoms with E-state index in [1.807, 2.05) is 42.5 Å². The van der Waals surface area contributed by atoms with Crippen molar-refractivity contribution in [2.75, 3.05) is 12.4 Å². The molecule has 0 saturated heterocycles. The number of methoxy groups -OCH3 is 1. The van der Waals surface area contributed by atoms with Crippen molar-refractivity contribution in [3.8, 4) is 17.1 Å². The maximum atomic E-state index is 13.3. The van der Waals surface area contributed by atoms with Crippen LogP contribution in [0.4, 0.5) is 5.69 Å². The number of nitrogens with zero attached hydrogens (tertiary/aromatic N) is 4. The summed E-state index contributed by atoms with van der Waals surface area (Å²) < 4.78 is 7.89. The Kier molecular flexibility index (Phi) is 5.27. The van der Waals surface area contributed by atoms with Crippen molar-refractivity contribution in [2.45, 2.75) is 6.54 Å². The molecule has 0 fully saturated rings. The van der Waals surface area contributed by atoms with Gasteiger partial charge in [-0.3, -0.25) is 9.36 Å². The molecule has 3 aromatic carbocycles. The number of anilines is 1. The third kappa shape index (κ3) is 3.81. The topological polar surface area (TPSA) is 90.5 Å². The zero-order valence-corrected chi connectivity index (χ0v) is 18.3. The molecule has 9 heteroatoms. The predicted molar refractivity (Wildman–Crippen MR) is 127 cm³/mol. The number of carbonyl (C=O) groups is 1. The highest BCUT2D eigenvalue weighted by molar-refractivity contribution is 6.31. The van der Waals surface area contributed by atoms with Gasteiger partial charge in [0.2, 0.25) is 5.91 Å². The Bertz CT molecular complexity index is 1560. The molecule has 33 heavy (non-hydrogen) atoms. The molecular formula is C24H18ClN5O3. The Labute approximate surface area is 193 Å². The fraction of sp³-hybridized carbons (Fsp3) is 0.0833. The largest absolute Gasteiger partial charge is 0.495 e. The molecule has 5 aromatic rings. The summed E-state index contributed by atoms with van der Waals surface area (Å²) in [5.74, 6) is 0.485. The lowest BCUT2D eigenvalue weighted by Gasteiger charge is -2.13. The molecule has 2 heterocycles. The van der Waals surface area contributed by atoms with Crippen molar-refractivity contribution in [2.24, 2.45) is 0 Å². The minimum Gasteiger partial charge on any atom is -0.495 e. The van der Waals surface area contributed by atoms with Gasteiger partial charge in [-0.1, -0.05) is 54.1 Å². The van der Waals surface area contributed by atoms with Crippen LogP contribution in [0.25, 0.3) is 27.9 Å². The van der Waals surface area contributed by atoms with Gasteiger partial charge in [-0.15, -0.1) is 5.10 Å². The van der Waals surface area contributed by atoms with E-state index in [0.29, 0.717) is 38.8 Å². The number of aromatic nitrogens is 4. The lowest BCUT2D eigenvalue weighted by Crippen LogP contribution is -2.32. The first-order valence-corrected chi connectivity index (χ1v) is 10.5. The molecule has 0 unspecified atom stereocenters. The third-order valence-corrected chi connectivity index (χ3v) is 5.46. The molecule has 2 aromatic heterocycles. The van der Waals surface area contributed by atoms with Crippen molar-refractivity contribution < 1.29 is 9.53 Å². The SMILES string of the molecule is COc1ccc(Cl)cc1NC(=O)Cn1c(=O)n2nc(-c3ccccc3)nc2c2ccccc21. The van der Waals surface area contributed by atoms with Gasteiger partial charge in [0.25, 0.3) is 0 Å². The average molecular weight is 460 g/mol. The van der Waals surface area contributed by atoms with Crippen LogP contribution >= 0.6 is 11.6 Å². The Balaban J connectivity index is 1.59. The maximum Gasteiger partial charge on any atom is 0.351 e. The Morgan fingerprint density at radius 3 is 2.61 bits per heavy atom. The van der Waals surface area contributed by atoms with E-state index in [2.05, 4.69) is 15.4 Å². The quantitative estimate of drug-likeness (QED) is 0.429. The van der Waals surface area contributed by atoms with Gasteiger partial charge < -0.3 is 10.1 Å². The lowest BCUT2D eigenvalue weighted by atomic mass is 10.2. The lowest BCUT2D eigenvalue weighted by molar-refractivity contribution is -0.116. The molecule has 0 atom stereocenters. The second-order valence-corrected chi connectivity index (χ2v) is 7.75. The fourth-order valence-corrected chi connectivity index (χ4v) is 3.88. The van der Waals surface area contributed by atoms with E-state index in [0.717, 1.165) is 5.56 Å². The minimum atomic E-state index is -0.466. The van der Waals surface area contributed by atoms with Gasteiger partial charge in [-0.25, -0.2) is 9.78 Å². The van der Waals surface area contributed by atoms with Gasteiger partial charge in [0.05, 0.1) is 18.3 Å². The number of amides is 1. The molecule has 8 nitrogen and oxygen atoms in total. The first kappa shape index (κ1) is 20.7. The molecule has 0 spiro atoms. The van der Waals surface area contributed by atoms with Gasteiger partial charge >= 0.3 is 5.69 Å². The average Bonchev–Trinajstić information content (AvgIpc) is 3.29. The first-order chi connectivity index (χ1) is 16.0. The fourth-order valence-electron chi connectivity index (χ4n) is 3.71. The molecular weight excluding hydrogens is 442 g/mol. The number of benzene rings is 3. The van der Waals surface area contributed by atoms with E-state index in [4.69, 9.17) is 16.3 Å². The van der Waals surface area contributed by atoms with Crippen LogP contribution in [0.15, 0.2) is 77.6 Å². The Morgan fingerprint density at radius 1 is 1.06 bits per heavy atom. The van der Waals surface area contributed by atoms with E-state index in [1.54, 1.807) is 30.3 Å². The van der Waals surface area contributed by atoms with E-state index in [-0.39, 0.29) is 6.54 Å². The monoisotopic (exact) mass is 459 g/mol. The number of nitrogens with one attached hydrogen (secondary N) is 1. The number of rotatable bonds is 5. The Hall–Kier alpha value is -4.17. The van der Waals surface area contributed by atoms with Crippen LogP contribution in [0, 0.1) is 0 Å². The summed E-state index contributed by atoms with van der Waals surface area (Å²) in [4.78, 5) is 30.9. The molecule has 0 radical (unpaired) electrons. The second-order valence-electron chi connectivity index (χ2n) is 7.32. The summed E-state index contributed by atoms with van der Waals surface area (Å²) in [7, 11) is 1.50. The molecule has 0 aliphatic rings. The summed E-state index contributed by atoms with van der Waals surface area (Å²) in [5, 5.41) is 8.35. The zero-order chi connectivity index (χ0) is 22.9. The molecule has 0 aliphatic carbocycles. The summed E-state index contributed by atoms with van der Waals surface area (Å²) >= 11 is 6.06. The summed E-state index contributed by atoms with van der Waals surface area (Å²) in [6.45, 7) is -0.231. The van der Waals surface area contributed by atoms with Crippen molar-refractivity contribution in [3.05, 3.63) is 88.3 Å². The van der Waals surface area contributed by atoms with Crippen molar-refractivity contribution in [3.63, 3.8) is 0 Å². The highest BCUT2D eigenvalue weighted by Crippen LogP contribution is 2.28. The molecule has 0 saturated carbocycles. The van der Waals surface area contributed by atoms with Crippen molar-refractivity contribution in [1.82, 2.24) is 19.2 Å². The number of hydrogen-bond donors (Lipinski definition) is 1.